The topological polar surface area (TPSA) is 93.1 Å². The zero-order valence-electron chi connectivity index (χ0n) is 24.5. The van der Waals surface area contributed by atoms with Crippen molar-refractivity contribution in [3.8, 4) is 34.7 Å². The van der Waals surface area contributed by atoms with Crippen LogP contribution in [0.15, 0.2) is 78.0 Å². The molecular weight excluding hydrogens is 589 g/mol. The maximum Gasteiger partial charge on any atom is 0.573 e. The fourth-order valence-electron chi connectivity index (χ4n) is 4.05. The van der Waals surface area contributed by atoms with Gasteiger partial charge in [0, 0.05) is 42.1 Å². The van der Waals surface area contributed by atoms with Crippen molar-refractivity contribution in [2.75, 3.05) is 19.6 Å². The van der Waals surface area contributed by atoms with Crippen LogP contribution < -0.4 is 20.1 Å². The summed E-state index contributed by atoms with van der Waals surface area (Å²) >= 11 is 1.58. The quantitative estimate of drug-likeness (QED) is 0.0992. The average molecular weight is 623 g/mol. The molecule has 0 bridgehead atoms. The lowest BCUT2D eigenvalue weighted by molar-refractivity contribution is -0.274. The number of carbonyl (C=O) groups is 1. The van der Waals surface area contributed by atoms with Crippen molar-refractivity contribution in [2.45, 2.75) is 44.4 Å². The van der Waals surface area contributed by atoms with Gasteiger partial charge in [0.1, 0.15) is 12.1 Å². The zero-order chi connectivity index (χ0) is 31.5. The third-order valence-electron chi connectivity index (χ3n) is 6.22. The Bertz CT molecular complexity index is 1590. The van der Waals surface area contributed by atoms with Gasteiger partial charge in [-0.15, -0.1) is 18.3 Å². The summed E-state index contributed by atoms with van der Waals surface area (Å²) in [4.78, 5) is 17.6. The van der Waals surface area contributed by atoms with Crippen LogP contribution in [0.4, 0.5) is 18.0 Å². The lowest BCUT2D eigenvalue weighted by Gasteiger charge is -2.14. The van der Waals surface area contributed by atoms with E-state index in [2.05, 4.69) is 81.0 Å². The van der Waals surface area contributed by atoms with Gasteiger partial charge in [-0.25, -0.2) is 14.5 Å². The van der Waals surface area contributed by atoms with Gasteiger partial charge in [-0.05, 0) is 90.5 Å². The van der Waals surface area contributed by atoms with Crippen LogP contribution in [0.25, 0.3) is 17.1 Å². The minimum absolute atomic E-state index is 0.237. The number of alkyl halides is 3. The van der Waals surface area contributed by atoms with Crippen LogP contribution >= 0.6 is 11.9 Å². The predicted octanol–water partition coefficient (Wildman–Crippen LogP) is 6.60. The van der Waals surface area contributed by atoms with Crippen LogP contribution in [0.3, 0.4) is 0 Å². The number of ether oxygens (including phenoxy) is 1. The summed E-state index contributed by atoms with van der Waals surface area (Å²) < 4.78 is 45.8. The number of aryl methyl sites for hydroxylation is 1. The van der Waals surface area contributed by atoms with Gasteiger partial charge in [-0.3, -0.25) is 4.72 Å². The number of nitrogens with zero attached hydrogens (tertiary/aromatic N) is 3. The van der Waals surface area contributed by atoms with E-state index in [-0.39, 0.29) is 11.8 Å². The molecule has 44 heavy (non-hydrogen) atoms. The SMILES string of the molecule is Cc1ccc(C(C)C)c(SNCCNC(=O)NCCC#Cc2ccc(-c3ncn(-c4ccc(OC(F)(F)F)cc4)n3)cc2)c1. The minimum Gasteiger partial charge on any atom is -0.406 e. The molecule has 230 valence electrons. The Morgan fingerprint density at radius 2 is 1.73 bits per heavy atom. The van der Waals surface area contributed by atoms with Gasteiger partial charge in [0.05, 0.1) is 5.69 Å². The van der Waals surface area contributed by atoms with Crippen LogP contribution in [0.5, 0.6) is 5.75 Å². The van der Waals surface area contributed by atoms with Crippen molar-refractivity contribution in [3.05, 3.63) is 89.7 Å². The fraction of sp³-hybridized carbons (Fsp3) is 0.281. The summed E-state index contributed by atoms with van der Waals surface area (Å²) in [5.41, 5.74) is 4.62. The number of halogens is 3. The Kier molecular flexibility index (Phi) is 11.3. The molecule has 0 unspecified atom stereocenters. The summed E-state index contributed by atoms with van der Waals surface area (Å²) in [6, 6.07) is 18.9. The van der Waals surface area contributed by atoms with Crippen molar-refractivity contribution >= 4 is 18.0 Å². The number of hydrogen-bond acceptors (Lipinski definition) is 6. The van der Waals surface area contributed by atoms with E-state index in [4.69, 9.17) is 0 Å². The van der Waals surface area contributed by atoms with Crippen LogP contribution in [-0.2, 0) is 0 Å². The Morgan fingerprint density at radius 3 is 2.43 bits per heavy atom. The van der Waals surface area contributed by atoms with E-state index >= 15 is 0 Å². The Hall–Kier alpha value is -4.47. The molecule has 0 fully saturated rings. The van der Waals surface area contributed by atoms with E-state index in [1.807, 2.05) is 24.3 Å². The fourth-order valence-corrected chi connectivity index (χ4v) is 5.08. The van der Waals surface area contributed by atoms with Gasteiger partial charge in [0.25, 0.3) is 0 Å². The van der Waals surface area contributed by atoms with Crippen molar-refractivity contribution in [1.29, 1.82) is 0 Å². The molecule has 1 aromatic heterocycles. The highest BCUT2D eigenvalue weighted by Gasteiger charge is 2.31. The van der Waals surface area contributed by atoms with Gasteiger partial charge in [-0.1, -0.05) is 37.8 Å². The number of rotatable bonds is 11. The predicted molar refractivity (Wildman–Crippen MR) is 166 cm³/mol. The third kappa shape index (κ3) is 10.1. The average Bonchev–Trinajstić information content (AvgIpc) is 3.47. The van der Waals surface area contributed by atoms with Crippen molar-refractivity contribution in [3.63, 3.8) is 0 Å². The first-order valence-corrected chi connectivity index (χ1v) is 14.8. The van der Waals surface area contributed by atoms with Crippen molar-refractivity contribution < 1.29 is 22.7 Å². The summed E-state index contributed by atoms with van der Waals surface area (Å²) in [5, 5.41) is 10.0. The maximum atomic E-state index is 12.4. The van der Waals surface area contributed by atoms with E-state index in [1.54, 1.807) is 11.9 Å². The number of amides is 2. The first-order valence-electron chi connectivity index (χ1n) is 14.0. The molecule has 0 saturated carbocycles. The summed E-state index contributed by atoms with van der Waals surface area (Å²) in [5.74, 6) is 6.70. The summed E-state index contributed by atoms with van der Waals surface area (Å²) in [6.07, 6.45) is -2.77. The first-order chi connectivity index (χ1) is 21.1. The summed E-state index contributed by atoms with van der Waals surface area (Å²) in [7, 11) is 0. The lowest BCUT2D eigenvalue weighted by atomic mass is 10.0. The number of nitrogens with one attached hydrogen (secondary N) is 3. The summed E-state index contributed by atoms with van der Waals surface area (Å²) in [6.45, 7) is 7.97. The monoisotopic (exact) mass is 622 g/mol. The highest BCUT2D eigenvalue weighted by molar-refractivity contribution is 7.97. The number of urea groups is 1. The molecule has 0 spiro atoms. The van der Waals surface area contributed by atoms with Crippen molar-refractivity contribution in [1.82, 2.24) is 30.1 Å². The number of benzene rings is 3. The van der Waals surface area contributed by atoms with E-state index in [0.29, 0.717) is 43.5 Å². The van der Waals surface area contributed by atoms with E-state index in [1.165, 1.54) is 51.3 Å². The molecule has 12 heteroatoms. The molecule has 0 atom stereocenters. The molecule has 1 heterocycles. The number of aromatic nitrogens is 3. The molecule has 8 nitrogen and oxygen atoms in total. The third-order valence-corrected chi connectivity index (χ3v) is 7.15. The second-order valence-electron chi connectivity index (χ2n) is 10.1. The largest absolute Gasteiger partial charge is 0.573 e. The highest BCUT2D eigenvalue weighted by Crippen LogP contribution is 2.28. The molecule has 0 aliphatic carbocycles. The molecule has 2 amide bonds. The van der Waals surface area contributed by atoms with Gasteiger partial charge in [0.15, 0.2) is 5.82 Å². The molecule has 3 aromatic carbocycles. The molecule has 0 radical (unpaired) electrons. The molecule has 3 N–H and O–H groups in total. The Morgan fingerprint density at radius 1 is 1.00 bits per heavy atom. The molecular formula is C32H33F3N6O2S. The van der Waals surface area contributed by atoms with Crippen LogP contribution in [0, 0.1) is 18.8 Å². The van der Waals surface area contributed by atoms with Gasteiger partial charge >= 0.3 is 12.4 Å². The molecule has 0 aliphatic heterocycles. The van der Waals surface area contributed by atoms with Crippen molar-refractivity contribution in [2.24, 2.45) is 0 Å². The van der Waals surface area contributed by atoms with Gasteiger partial charge in [-0.2, -0.15) is 0 Å². The Balaban J connectivity index is 1.15. The second-order valence-corrected chi connectivity index (χ2v) is 11.0. The number of carbonyl (C=O) groups excluding carboxylic acids is 1. The van der Waals surface area contributed by atoms with Gasteiger partial charge < -0.3 is 15.4 Å². The number of hydrogen-bond donors (Lipinski definition) is 3. The Labute approximate surface area is 258 Å². The van der Waals surface area contributed by atoms with Crippen LogP contribution in [0.1, 0.15) is 42.9 Å². The minimum atomic E-state index is -4.75. The van der Waals surface area contributed by atoms with Gasteiger partial charge in [0.2, 0.25) is 0 Å². The second kappa shape index (κ2) is 15.3. The van der Waals surface area contributed by atoms with E-state index in [0.717, 1.165) is 11.1 Å². The van der Waals surface area contributed by atoms with E-state index < -0.39 is 6.36 Å². The zero-order valence-corrected chi connectivity index (χ0v) is 25.4. The van der Waals surface area contributed by atoms with Crippen LogP contribution in [-0.4, -0.2) is 46.8 Å². The van der Waals surface area contributed by atoms with Crippen LogP contribution in [0.2, 0.25) is 0 Å². The standard InChI is InChI=1S/C32H33F3N6O2S/c1-22(2)28-16-7-23(3)20-29(28)44-39-19-18-37-31(42)36-17-5-4-6-24-8-10-25(11-9-24)30-38-21-41(40-30)26-12-14-27(15-13-26)43-32(33,34)35/h7-16,20-22,39H,5,17-19H2,1-3H3,(H2,36,37,42). The molecule has 0 saturated heterocycles. The smallest absolute Gasteiger partial charge is 0.406 e. The van der Waals surface area contributed by atoms with E-state index in [9.17, 15) is 18.0 Å². The maximum absolute atomic E-state index is 12.4. The molecule has 4 rings (SSSR count). The molecule has 0 aliphatic rings. The normalized spacial score (nSPS) is 11.2. The lowest BCUT2D eigenvalue weighted by Crippen LogP contribution is -2.38. The first kappa shape index (κ1) is 32.4. The molecule has 4 aromatic rings. The highest BCUT2D eigenvalue weighted by atomic mass is 32.2.